The second-order valence-corrected chi connectivity index (χ2v) is 7.18. The van der Waals surface area contributed by atoms with Crippen molar-refractivity contribution in [3.63, 3.8) is 0 Å². The van der Waals surface area contributed by atoms with Crippen molar-refractivity contribution in [2.24, 2.45) is 5.92 Å². The smallest absolute Gasteiger partial charge is 0.255 e. The molecule has 152 valence electrons. The molecule has 9 heteroatoms. The van der Waals surface area contributed by atoms with Crippen molar-refractivity contribution in [3.05, 3.63) is 53.3 Å². The molecule has 0 unspecified atom stereocenters. The Balaban J connectivity index is 1.72. The van der Waals surface area contributed by atoms with Crippen LogP contribution in [0.3, 0.4) is 0 Å². The molecular weight excluding hydrogens is 394 g/mol. The molecule has 1 aromatic heterocycles. The fraction of sp³-hybridized carbons (Fsp3) is 0.300. The number of halogens is 1. The summed E-state index contributed by atoms with van der Waals surface area (Å²) in [6.07, 6.45) is 2.38. The lowest BCUT2D eigenvalue weighted by atomic mass is 10.1. The molecule has 0 saturated heterocycles. The van der Waals surface area contributed by atoms with Crippen molar-refractivity contribution in [3.8, 4) is 17.2 Å². The molecule has 0 bridgehead atoms. The van der Waals surface area contributed by atoms with Crippen molar-refractivity contribution >= 4 is 23.2 Å². The maximum absolute atomic E-state index is 12.7. The van der Waals surface area contributed by atoms with Crippen molar-refractivity contribution in [1.29, 1.82) is 0 Å². The van der Waals surface area contributed by atoms with Crippen LogP contribution in [0.2, 0.25) is 5.02 Å². The summed E-state index contributed by atoms with van der Waals surface area (Å²) in [7, 11) is 1.51. The van der Waals surface area contributed by atoms with Gasteiger partial charge in [-0.2, -0.15) is 0 Å². The quantitative estimate of drug-likeness (QED) is 0.597. The first-order chi connectivity index (χ1) is 14.0. The van der Waals surface area contributed by atoms with E-state index in [4.69, 9.17) is 21.1 Å². The van der Waals surface area contributed by atoms with Gasteiger partial charge in [0.2, 0.25) is 0 Å². The summed E-state index contributed by atoms with van der Waals surface area (Å²) in [5.74, 6) is 1.06. The Morgan fingerprint density at radius 1 is 1.24 bits per heavy atom. The highest BCUT2D eigenvalue weighted by Crippen LogP contribution is 2.36. The number of amides is 1. The Bertz CT molecular complexity index is 959. The Kier molecular flexibility index (Phi) is 6.66. The van der Waals surface area contributed by atoms with Crippen LogP contribution >= 0.6 is 11.6 Å². The van der Waals surface area contributed by atoms with E-state index in [1.807, 2.05) is 0 Å². The SMILES string of the molecule is COc1cc(C(=O)Nc2ccc(-n3cnnn3)cc2)cc(Cl)c1OCCC(C)C. The van der Waals surface area contributed by atoms with E-state index in [1.165, 1.54) is 18.1 Å². The van der Waals surface area contributed by atoms with E-state index in [2.05, 4.69) is 34.7 Å². The van der Waals surface area contributed by atoms with Crippen LogP contribution < -0.4 is 14.8 Å². The van der Waals surface area contributed by atoms with Gasteiger partial charge in [0.15, 0.2) is 11.5 Å². The fourth-order valence-corrected chi connectivity index (χ4v) is 2.83. The fourth-order valence-electron chi connectivity index (χ4n) is 2.57. The van der Waals surface area contributed by atoms with Gasteiger partial charge in [-0.05, 0) is 59.2 Å². The van der Waals surface area contributed by atoms with Crippen LogP contribution in [0.1, 0.15) is 30.6 Å². The molecule has 0 aliphatic rings. The van der Waals surface area contributed by atoms with Crippen LogP contribution in [0.25, 0.3) is 5.69 Å². The van der Waals surface area contributed by atoms with E-state index in [-0.39, 0.29) is 5.91 Å². The van der Waals surface area contributed by atoms with Crippen molar-refractivity contribution < 1.29 is 14.3 Å². The van der Waals surface area contributed by atoms with E-state index in [1.54, 1.807) is 36.4 Å². The zero-order valence-electron chi connectivity index (χ0n) is 16.4. The molecule has 1 N–H and O–H groups in total. The Morgan fingerprint density at radius 3 is 2.62 bits per heavy atom. The second-order valence-electron chi connectivity index (χ2n) is 6.78. The molecule has 0 saturated carbocycles. The van der Waals surface area contributed by atoms with E-state index < -0.39 is 0 Å². The van der Waals surface area contributed by atoms with Crippen LogP contribution in [-0.4, -0.2) is 39.8 Å². The van der Waals surface area contributed by atoms with Gasteiger partial charge in [0.25, 0.3) is 5.91 Å². The zero-order valence-corrected chi connectivity index (χ0v) is 17.2. The monoisotopic (exact) mass is 415 g/mol. The van der Waals surface area contributed by atoms with Crippen LogP contribution in [0.15, 0.2) is 42.7 Å². The molecule has 1 amide bonds. The number of aromatic nitrogens is 4. The predicted molar refractivity (Wildman–Crippen MR) is 110 cm³/mol. The minimum absolute atomic E-state index is 0.311. The summed E-state index contributed by atoms with van der Waals surface area (Å²) < 4.78 is 12.7. The average molecular weight is 416 g/mol. The number of carbonyl (C=O) groups excluding carboxylic acids is 1. The Labute approximate surface area is 173 Å². The van der Waals surface area contributed by atoms with Gasteiger partial charge in [0, 0.05) is 11.3 Å². The summed E-state index contributed by atoms with van der Waals surface area (Å²) >= 11 is 6.35. The molecule has 0 aliphatic carbocycles. The number of ether oxygens (including phenoxy) is 2. The summed E-state index contributed by atoms with van der Waals surface area (Å²) in [5, 5.41) is 14.2. The van der Waals surface area contributed by atoms with Gasteiger partial charge < -0.3 is 14.8 Å². The lowest BCUT2D eigenvalue weighted by molar-refractivity contribution is 0.102. The second kappa shape index (κ2) is 9.38. The highest BCUT2D eigenvalue weighted by molar-refractivity contribution is 6.32. The molecule has 0 radical (unpaired) electrons. The molecule has 3 rings (SSSR count). The number of methoxy groups -OCH3 is 1. The van der Waals surface area contributed by atoms with Gasteiger partial charge in [-0.1, -0.05) is 25.4 Å². The van der Waals surface area contributed by atoms with E-state index in [0.717, 1.165) is 12.1 Å². The summed E-state index contributed by atoms with van der Waals surface area (Å²) in [4.78, 5) is 12.7. The molecule has 0 fully saturated rings. The molecule has 8 nitrogen and oxygen atoms in total. The number of nitrogens with zero attached hydrogens (tertiary/aromatic N) is 4. The van der Waals surface area contributed by atoms with E-state index in [9.17, 15) is 4.79 Å². The molecule has 0 spiro atoms. The van der Waals surface area contributed by atoms with Gasteiger partial charge in [0.1, 0.15) is 6.33 Å². The first-order valence-electron chi connectivity index (χ1n) is 9.13. The van der Waals surface area contributed by atoms with Gasteiger partial charge in [0.05, 0.1) is 24.4 Å². The third-order valence-electron chi connectivity index (χ3n) is 4.17. The summed E-state index contributed by atoms with van der Waals surface area (Å²) in [6, 6.07) is 10.3. The van der Waals surface area contributed by atoms with Crippen molar-refractivity contribution in [2.75, 3.05) is 19.0 Å². The van der Waals surface area contributed by atoms with Gasteiger partial charge in [-0.25, -0.2) is 4.68 Å². The van der Waals surface area contributed by atoms with Crippen LogP contribution in [0.5, 0.6) is 11.5 Å². The van der Waals surface area contributed by atoms with Gasteiger partial charge in [-0.15, -0.1) is 5.10 Å². The third kappa shape index (κ3) is 5.23. The first-order valence-corrected chi connectivity index (χ1v) is 9.51. The number of tetrazole rings is 1. The van der Waals surface area contributed by atoms with Crippen molar-refractivity contribution in [1.82, 2.24) is 20.2 Å². The predicted octanol–water partition coefficient (Wildman–Crippen LogP) is 4.00. The maximum atomic E-state index is 12.7. The number of hydrogen-bond donors (Lipinski definition) is 1. The largest absolute Gasteiger partial charge is 0.493 e. The van der Waals surface area contributed by atoms with Crippen molar-refractivity contribution in [2.45, 2.75) is 20.3 Å². The summed E-state index contributed by atoms with van der Waals surface area (Å²) in [5.41, 5.74) is 1.77. The molecular formula is C20H22ClN5O3. The normalized spacial score (nSPS) is 10.8. The topological polar surface area (TPSA) is 91.2 Å². The number of nitrogens with one attached hydrogen (secondary N) is 1. The number of anilines is 1. The van der Waals surface area contributed by atoms with E-state index in [0.29, 0.717) is 40.3 Å². The number of benzene rings is 2. The molecule has 29 heavy (non-hydrogen) atoms. The number of hydrogen-bond acceptors (Lipinski definition) is 6. The lowest BCUT2D eigenvalue weighted by Crippen LogP contribution is -2.13. The lowest BCUT2D eigenvalue weighted by Gasteiger charge is -2.15. The molecule has 0 atom stereocenters. The number of rotatable bonds is 8. The third-order valence-corrected chi connectivity index (χ3v) is 4.45. The molecule has 3 aromatic rings. The molecule has 1 heterocycles. The van der Waals surface area contributed by atoms with E-state index >= 15 is 0 Å². The minimum Gasteiger partial charge on any atom is -0.493 e. The molecule has 2 aromatic carbocycles. The maximum Gasteiger partial charge on any atom is 0.255 e. The highest BCUT2D eigenvalue weighted by Gasteiger charge is 2.16. The first kappa shape index (κ1) is 20.6. The average Bonchev–Trinajstić information content (AvgIpc) is 3.24. The molecule has 0 aliphatic heterocycles. The van der Waals surface area contributed by atoms with Crippen LogP contribution in [0.4, 0.5) is 5.69 Å². The highest BCUT2D eigenvalue weighted by atomic mass is 35.5. The van der Waals surface area contributed by atoms with Gasteiger partial charge >= 0.3 is 0 Å². The Morgan fingerprint density at radius 2 is 2.00 bits per heavy atom. The number of carbonyl (C=O) groups is 1. The summed E-state index contributed by atoms with van der Waals surface area (Å²) in [6.45, 7) is 4.75. The van der Waals surface area contributed by atoms with Crippen LogP contribution in [-0.2, 0) is 0 Å². The zero-order chi connectivity index (χ0) is 20.8. The minimum atomic E-state index is -0.311. The Hall–Kier alpha value is -3.13. The van der Waals surface area contributed by atoms with Gasteiger partial charge in [-0.3, -0.25) is 4.79 Å². The standard InChI is InChI=1S/C20H22ClN5O3/c1-13(2)8-9-29-19-17(21)10-14(11-18(19)28-3)20(27)23-15-4-6-16(7-5-15)26-12-22-24-25-26/h4-7,10-13H,8-9H2,1-3H3,(H,23,27). The van der Waals surface area contributed by atoms with Crippen LogP contribution in [0, 0.1) is 5.92 Å².